The Morgan fingerprint density at radius 1 is 1.20 bits per heavy atom. The molecule has 0 saturated heterocycles. The van der Waals surface area contributed by atoms with Crippen molar-refractivity contribution in [2.75, 3.05) is 25.5 Å². The van der Waals surface area contributed by atoms with Crippen molar-refractivity contribution in [1.82, 2.24) is 0 Å². The van der Waals surface area contributed by atoms with E-state index < -0.39 is 0 Å². The lowest BCUT2D eigenvalue weighted by atomic mass is 9.87. The van der Waals surface area contributed by atoms with E-state index in [4.69, 9.17) is 4.74 Å². The average Bonchev–Trinajstić information content (AvgIpc) is 2.63. The molecular weight excluding hydrogens is 312 g/mol. The Balaban J connectivity index is 1.66. The number of likely N-dealkylation sites (N-methyl/N-ethyl adjacent to an activating group) is 1. The molecule has 0 bridgehead atoms. The van der Waals surface area contributed by atoms with Crippen LogP contribution in [-0.2, 0) is 11.2 Å². The van der Waals surface area contributed by atoms with Crippen molar-refractivity contribution in [3.05, 3.63) is 59.7 Å². The summed E-state index contributed by atoms with van der Waals surface area (Å²) in [5.74, 6) is 0.742. The minimum atomic E-state index is 0.0210. The number of anilines is 1. The third-order valence-electron chi connectivity index (χ3n) is 4.86. The molecule has 1 unspecified atom stereocenters. The summed E-state index contributed by atoms with van der Waals surface area (Å²) in [5, 5.41) is 3.00. The van der Waals surface area contributed by atoms with Gasteiger partial charge in [0.15, 0.2) is 6.54 Å². The number of nitrogens with one attached hydrogen (secondary N) is 2. The molecule has 25 heavy (non-hydrogen) atoms. The van der Waals surface area contributed by atoms with E-state index in [-0.39, 0.29) is 5.91 Å². The van der Waals surface area contributed by atoms with Gasteiger partial charge in [0.25, 0.3) is 5.91 Å². The van der Waals surface area contributed by atoms with Crippen molar-refractivity contribution in [3.8, 4) is 5.75 Å². The van der Waals surface area contributed by atoms with Gasteiger partial charge in [0.05, 0.1) is 19.3 Å². The third kappa shape index (κ3) is 4.20. The molecule has 0 aliphatic heterocycles. The zero-order chi connectivity index (χ0) is 17.6. The standard InChI is InChI=1S/C21H26N2O2/c1-3-25-20-14-7-6-12-18(20)22-21(24)15-23(2)19-13-8-10-16-9-4-5-11-17(16)19/h4-7,9,11-12,14,19H,3,8,10,13,15H2,1-2H3,(H,22,24)/p+1/t19-/m1/s1. The number of hydrogen-bond acceptors (Lipinski definition) is 2. The average molecular weight is 339 g/mol. The molecule has 2 aromatic carbocycles. The highest BCUT2D eigenvalue weighted by molar-refractivity contribution is 5.92. The molecular formula is C21H27N2O2+. The summed E-state index contributed by atoms with van der Waals surface area (Å²) in [6.07, 6.45) is 3.47. The summed E-state index contributed by atoms with van der Waals surface area (Å²) in [6.45, 7) is 2.97. The lowest BCUT2D eigenvalue weighted by Gasteiger charge is -2.30. The fraction of sp³-hybridized carbons (Fsp3) is 0.381. The Morgan fingerprint density at radius 2 is 1.96 bits per heavy atom. The first kappa shape index (κ1) is 17.5. The van der Waals surface area contributed by atoms with Gasteiger partial charge in [-0.1, -0.05) is 36.4 Å². The van der Waals surface area contributed by atoms with E-state index in [0.717, 1.165) is 24.3 Å². The van der Waals surface area contributed by atoms with Gasteiger partial charge in [-0.25, -0.2) is 0 Å². The maximum atomic E-state index is 12.5. The monoisotopic (exact) mass is 339 g/mol. The number of amides is 1. The normalized spacial score (nSPS) is 17.4. The molecule has 0 saturated carbocycles. The summed E-state index contributed by atoms with van der Waals surface area (Å²) in [5.41, 5.74) is 3.57. The molecule has 2 N–H and O–H groups in total. The molecule has 0 fully saturated rings. The van der Waals surface area contributed by atoms with Crippen molar-refractivity contribution in [2.24, 2.45) is 0 Å². The van der Waals surface area contributed by atoms with E-state index in [2.05, 4.69) is 36.6 Å². The van der Waals surface area contributed by atoms with E-state index in [9.17, 15) is 4.79 Å². The maximum Gasteiger partial charge on any atom is 0.279 e. The van der Waals surface area contributed by atoms with Crippen LogP contribution in [0.3, 0.4) is 0 Å². The van der Waals surface area contributed by atoms with Crippen LogP contribution in [0.2, 0.25) is 0 Å². The topological polar surface area (TPSA) is 42.8 Å². The van der Waals surface area contributed by atoms with Crippen LogP contribution in [-0.4, -0.2) is 26.1 Å². The first-order valence-corrected chi connectivity index (χ1v) is 9.10. The summed E-state index contributed by atoms with van der Waals surface area (Å²) in [4.78, 5) is 13.8. The number of quaternary nitrogens is 1. The van der Waals surface area contributed by atoms with Crippen LogP contribution >= 0.6 is 0 Å². The number of hydrogen-bond donors (Lipinski definition) is 2. The van der Waals surface area contributed by atoms with Crippen LogP contribution < -0.4 is 15.0 Å². The Labute approximate surface area is 149 Å². The van der Waals surface area contributed by atoms with Crippen molar-refractivity contribution >= 4 is 11.6 Å². The molecule has 0 radical (unpaired) electrons. The minimum absolute atomic E-state index is 0.0210. The molecule has 132 valence electrons. The quantitative estimate of drug-likeness (QED) is 0.850. The summed E-state index contributed by atoms with van der Waals surface area (Å²) < 4.78 is 5.58. The van der Waals surface area contributed by atoms with Gasteiger partial charge in [0.1, 0.15) is 11.8 Å². The van der Waals surface area contributed by atoms with Crippen molar-refractivity contribution in [3.63, 3.8) is 0 Å². The first-order valence-electron chi connectivity index (χ1n) is 9.10. The number of benzene rings is 2. The van der Waals surface area contributed by atoms with E-state index in [1.807, 2.05) is 31.2 Å². The SMILES string of the molecule is CCOc1ccccc1NC(=O)C[NH+](C)[C@@H]1CCCc2ccccc21. The molecule has 4 nitrogen and oxygen atoms in total. The lowest BCUT2D eigenvalue weighted by Crippen LogP contribution is -3.10. The predicted octanol–water partition coefficient (Wildman–Crippen LogP) is 2.62. The van der Waals surface area contributed by atoms with Crippen LogP contribution in [0.1, 0.15) is 36.9 Å². The number of fused-ring (bicyclic) bond motifs is 1. The molecule has 0 spiro atoms. The molecule has 1 aliphatic rings. The van der Waals surface area contributed by atoms with Crippen LogP contribution in [0, 0.1) is 0 Å². The zero-order valence-corrected chi connectivity index (χ0v) is 15.0. The first-order chi connectivity index (χ1) is 12.2. The maximum absolute atomic E-state index is 12.5. The second-order valence-corrected chi connectivity index (χ2v) is 6.64. The summed E-state index contributed by atoms with van der Waals surface area (Å²) >= 11 is 0. The highest BCUT2D eigenvalue weighted by atomic mass is 16.5. The van der Waals surface area contributed by atoms with E-state index in [0.29, 0.717) is 19.2 Å². The summed E-state index contributed by atoms with van der Waals surface area (Å²) in [7, 11) is 2.11. The zero-order valence-electron chi connectivity index (χ0n) is 15.0. The van der Waals surface area contributed by atoms with Gasteiger partial charge in [-0.05, 0) is 37.5 Å². The molecule has 0 aromatic heterocycles. The van der Waals surface area contributed by atoms with Gasteiger partial charge in [0, 0.05) is 12.0 Å². The van der Waals surface area contributed by atoms with E-state index in [1.165, 1.54) is 22.4 Å². The molecule has 0 heterocycles. The van der Waals surface area contributed by atoms with Gasteiger partial charge < -0.3 is 15.0 Å². The Morgan fingerprint density at radius 3 is 2.80 bits per heavy atom. The number of ether oxygens (including phenoxy) is 1. The smallest absolute Gasteiger partial charge is 0.279 e. The second-order valence-electron chi connectivity index (χ2n) is 6.64. The van der Waals surface area contributed by atoms with E-state index in [1.54, 1.807) is 0 Å². The molecule has 1 aliphatic carbocycles. The van der Waals surface area contributed by atoms with Gasteiger partial charge in [0.2, 0.25) is 0 Å². The largest absolute Gasteiger partial charge is 0.492 e. The number of carbonyl (C=O) groups excluding carboxylic acids is 1. The minimum Gasteiger partial charge on any atom is -0.492 e. The Kier molecular flexibility index (Phi) is 5.71. The lowest BCUT2D eigenvalue weighted by molar-refractivity contribution is -0.905. The molecule has 1 amide bonds. The van der Waals surface area contributed by atoms with Crippen molar-refractivity contribution in [1.29, 1.82) is 0 Å². The fourth-order valence-electron chi connectivity index (χ4n) is 3.69. The molecule has 2 aromatic rings. The number of para-hydroxylation sites is 2. The Bertz CT molecular complexity index is 729. The van der Waals surface area contributed by atoms with E-state index >= 15 is 0 Å². The van der Waals surface area contributed by atoms with Crippen LogP contribution in [0.4, 0.5) is 5.69 Å². The van der Waals surface area contributed by atoms with Crippen molar-refractivity contribution in [2.45, 2.75) is 32.2 Å². The van der Waals surface area contributed by atoms with Gasteiger partial charge in [-0.3, -0.25) is 4.79 Å². The van der Waals surface area contributed by atoms with Crippen LogP contribution in [0.15, 0.2) is 48.5 Å². The Hall–Kier alpha value is -2.33. The number of aryl methyl sites for hydroxylation is 1. The van der Waals surface area contributed by atoms with Crippen LogP contribution in [0.5, 0.6) is 5.75 Å². The highest BCUT2D eigenvalue weighted by Gasteiger charge is 2.28. The van der Waals surface area contributed by atoms with Crippen molar-refractivity contribution < 1.29 is 14.4 Å². The highest BCUT2D eigenvalue weighted by Crippen LogP contribution is 2.27. The van der Waals surface area contributed by atoms with Gasteiger partial charge in [-0.15, -0.1) is 0 Å². The van der Waals surface area contributed by atoms with Gasteiger partial charge in [-0.2, -0.15) is 0 Å². The van der Waals surface area contributed by atoms with Crippen LogP contribution in [0.25, 0.3) is 0 Å². The molecule has 3 rings (SSSR count). The molecule has 2 atom stereocenters. The number of carbonyl (C=O) groups is 1. The second kappa shape index (κ2) is 8.17. The predicted molar refractivity (Wildman–Crippen MR) is 100 cm³/mol. The fourth-order valence-corrected chi connectivity index (χ4v) is 3.69. The molecule has 4 heteroatoms. The summed E-state index contributed by atoms with van der Waals surface area (Å²) in [6, 6.07) is 16.6. The third-order valence-corrected chi connectivity index (χ3v) is 4.86. The van der Waals surface area contributed by atoms with Gasteiger partial charge >= 0.3 is 0 Å². The number of rotatable bonds is 6.